The van der Waals surface area contributed by atoms with E-state index in [1.165, 1.54) is 25.7 Å². The summed E-state index contributed by atoms with van der Waals surface area (Å²) in [5.74, 6) is -2.59. The van der Waals surface area contributed by atoms with Crippen LogP contribution in [0.2, 0.25) is 0 Å². The van der Waals surface area contributed by atoms with Gasteiger partial charge in [-0.25, -0.2) is 8.78 Å². The van der Waals surface area contributed by atoms with E-state index < -0.39 is 17.5 Å². The fourth-order valence-corrected chi connectivity index (χ4v) is 2.54. The molecule has 0 bridgehead atoms. The zero-order valence-electron chi connectivity index (χ0n) is 12.0. The number of likely N-dealkylation sites (tertiary alicyclic amines) is 1. The molecule has 3 N–H and O–H groups in total. The van der Waals surface area contributed by atoms with Gasteiger partial charge in [-0.15, -0.1) is 0 Å². The highest BCUT2D eigenvalue weighted by atomic mass is 19.2. The van der Waals surface area contributed by atoms with Crippen molar-refractivity contribution in [2.24, 2.45) is 0 Å². The van der Waals surface area contributed by atoms with E-state index >= 15 is 0 Å². The quantitative estimate of drug-likeness (QED) is 0.837. The second kappa shape index (κ2) is 7.36. The van der Waals surface area contributed by atoms with Crippen LogP contribution in [0.4, 0.5) is 14.5 Å². The lowest BCUT2D eigenvalue weighted by Gasteiger charge is -2.19. The lowest BCUT2D eigenvalue weighted by molar-refractivity contribution is 0.0949. The van der Waals surface area contributed by atoms with Crippen molar-refractivity contribution in [1.29, 1.82) is 0 Å². The summed E-state index contributed by atoms with van der Waals surface area (Å²) in [7, 11) is 0. The average Bonchev–Trinajstić information content (AvgIpc) is 2.71. The maximum atomic E-state index is 13.2. The van der Waals surface area contributed by atoms with Crippen LogP contribution in [0.1, 0.15) is 36.0 Å². The first-order chi connectivity index (χ1) is 10.1. The van der Waals surface area contributed by atoms with E-state index in [0.29, 0.717) is 6.54 Å². The van der Waals surface area contributed by atoms with Crippen molar-refractivity contribution in [3.63, 3.8) is 0 Å². The highest BCUT2D eigenvalue weighted by Gasteiger charge is 2.15. The maximum Gasteiger partial charge on any atom is 0.253 e. The number of hydrogen-bond acceptors (Lipinski definition) is 3. The van der Waals surface area contributed by atoms with E-state index in [9.17, 15) is 13.6 Å². The summed E-state index contributed by atoms with van der Waals surface area (Å²) in [5.41, 5.74) is 5.47. The lowest BCUT2D eigenvalue weighted by atomic mass is 10.1. The van der Waals surface area contributed by atoms with Crippen LogP contribution in [0, 0.1) is 11.6 Å². The summed E-state index contributed by atoms with van der Waals surface area (Å²) in [4.78, 5) is 14.2. The van der Waals surface area contributed by atoms with Crippen LogP contribution in [0.25, 0.3) is 0 Å². The van der Waals surface area contributed by atoms with Crippen LogP contribution in [0.3, 0.4) is 0 Å². The number of halogens is 2. The maximum absolute atomic E-state index is 13.2. The van der Waals surface area contributed by atoms with Gasteiger partial charge >= 0.3 is 0 Å². The molecule has 1 aliphatic rings. The van der Waals surface area contributed by atoms with Gasteiger partial charge in [0.05, 0.1) is 5.56 Å². The molecule has 1 heterocycles. The zero-order valence-corrected chi connectivity index (χ0v) is 12.0. The van der Waals surface area contributed by atoms with Crippen molar-refractivity contribution in [3.05, 3.63) is 29.3 Å². The summed E-state index contributed by atoms with van der Waals surface area (Å²) < 4.78 is 26.1. The average molecular weight is 297 g/mol. The molecular weight excluding hydrogens is 276 g/mol. The largest absolute Gasteiger partial charge is 0.398 e. The van der Waals surface area contributed by atoms with E-state index in [4.69, 9.17) is 5.73 Å². The zero-order chi connectivity index (χ0) is 15.2. The molecule has 0 spiro atoms. The molecule has 1 aromatic carbocycles. The Hall–Kier alpha value is -1.69. The van der Waals surface area contributed by atoms with Crippen molar-refractivity contribution < 1.29 is 13.6 Å². The van der Waals surface area contributed by atoms with Crippen molar-refractivity contribution in [2.45, 2.75) is 25.7 Å². The fourth-order valence-electron chi connectivity index (χ4n) is 2.54. The first kappa shape index (κ1) is 15.7. The summed E-state index contributed by atoms with van der Waals surface area (Å²) >= 11 is 0. The molecule has 6 heteroatoms. The van der Waals surface area contributed by atoms with E-state index in [2.05, 4.69) is 10.2 Å². The van der Waals surface area contributed by atoms with E-state index in [-0.39, 0.29) is 11.3 Å². The van der Waals surface area contributed by atoms with Gasteiger partial charge in [-0.05, 0) is 32.0 Å². The molecule has 0 aliphatic carbocycles. The predicted molar refractivity (Wildman–Crippen MR) is 78.0 cm³/mol. The number of nitrogens with two attached hydrogens (primary N) is 1. The number of nitrogens with zero attached hydrogens (tertiary/aromatic N) is 1. The summed E-state index contributed by atoms with van der Waals surface area (Å²) in [6.45, 7) is 3.32. The minimum atomic E-state index is -1.07. The van der Waals surface area contributed by atoms with E-state index in [1.54, 1.807) is 0 Å². The summed E-state index contributed by atoms with van der Waals surface area (Å²) in [5, 5.41) is 2.70. The Bertz CT molecular complexity index is 500. The Morgan fingerprint density at radius 2 is 1.76 bits per heavy atom. The van der Waals surface area contributed by atoms with Gasteiger partial charge in [-0.1, -0.05) is 12.8 Å². The highest BCUT2D eigenvalue weighted by molar-refractivity contribution is 5.99. The number of rotatable bonds is 4. The van der Waals surface area contributed by atoms with Crippen LogP contribution in [-0.4, -0.2) is 37.0 Å². The minimum absolute atomic E-state index is 0.0234. The highest BCUT2D eigenvalue weighted by Crippen LogP contribution is 2.16. The molecule has 1 aromatic rings. The van der Waals surface area contributed by atoms with Gasteiger partial charge in [0.2, 0.25) is 0 Å². The molecule has 116 valence electrons. The molecule has 21 heavy (non-hydrogen) atoms. The number of anilines is 1. The lowest BCUT2D eigenvalue weighted by Crippen LogP contribution is -2.35. The number of hydrogen-bond donors (Lipinski definition) is 2. The smallest absolute Gasteiger partial charge is 0.253 e. The van der Waals surface area contributed by atoms with Gasteiger partial charge in [0, 0.05) is 24.8 Å². The van der Waals surface area contributed by atoms with Crippen molar-refractivity contribution in [3.8, 4) is 0 Å². The fraction of sp³-hybridized carbons (Fsp3) is 0.533. The monoisotopic (exact) mass is 297 g/mol. The van der Waals surface area contributed by atoms with Crippen molar-refractivity contribution in [1.82, 2.24) is 10.2 Å². The number of carbonyl (C=O) groups excluding carboxylic acids is 1. The Morgan fingerprint density at radius 1 is 1.14 bits per heavy atom. The number of carbonyl (C=O) groups is 1. The number of benzene rings is 1. The van der Waals surface area contributed by atoms with Crippen LogP contribution in [0.15, 0.2) is 12.1 Å². The van der Waals surface area contributed by atoms with Crippen molar-refractivity contribution >= 4 is 11.6 Å². The Balaban J connectivity index is 1.85. The van der Waals surface area contributed by atoms with Crippen LogP contribution in [-0.2, 0) is 0 Å². The van der Waals surface area contributed by atoms with Gasteiger partial charge in [0.25, 0.3) is 5.91 Å². The molecule has 0 unspecified atom stereocenters. The van der Waals surface area contributed by atoms with Crippen LogP contribution < -0.4 is 11.1 Å². The second-order valence-corrected chi connectivity index (χ2v) is 5.37. The molecule has 0 aromatic heterocycles. The standard InChI is InChI=1S/C15H21F2N3O/c16-12-9-11(14(18)10-13(12)17)15(21)19-5-8-20-6-3-1-2-4-7-20/h9-10H,1-8,18H2,(H,19,21). The molecule has 4 nitrogen and oxygen atoms in total. The normalized spacial score (nSPS) is 16.5. The van der Waals surface area contributed by atoms with Gasteiger partial charge in [0.1, 0.15) is 0 Å². The van der Waals surface area contributed by atoms with E-state index in [0.717, 1.165) is 31.8 Å². The van der Waals surface area contributed by atoms with E-state index in [1.807, 2.05) is 0 Å². The first-order valence-corrected chi connectivity index (χ1v) is 7.33. The number of nitrogens with one attached hydrogen (secondary N) is 1. The number of amides is 1. The van der Waals surface area contributed by atoms with Gasteiger partial charge in [-0.2, -0.15) is 0 Å². The first-order valence-electron chi connectivity index (χ1n) is 7.33. The minimum Gasteiger partial charge on any atom is -0.398 e. The molecule has 1 amide bonds. The van der Waals surface area contributed by atoms with Crippen molar-refractivity contribution in [2.75, 3.05) is 31.9 Å². The third kappa shape index (κ3) is 4.39. The second-order valence-electron chi connectivity index (χ2n) is 5.37. The topological polar surface area (TPSA) is 58.4 Å². The molecule has 1 saturated heterocycles. The third-order valence-electron chi connectivity index (χ3n) is 3.75. The third-order valence-corrected chi connectivity index (χ3v) is 3.75. The summed E-state index contributed by atoms with van der Waals surface area (Å²) in [6.07, 6.45) is 4.89. The van der Waals surface area contributed by atoms with Crippen LogP contribution >= 0.6 is 0 Å². The Labute approximate surface area is 123 Å². The van der Waals surface area contributed by atoms with Gasteiger partial charge in [-0.3, -0.25) is 4.79 Å². The van der Waals surface area contributed by atoms with Gasteiger partial charge < -0.3 is 16.0 Å². The molecule has 1 aliphatic heterocycles. The summed E-state index contributed by atoms with van der Waals surface area (Å²) in [6, 6.07) is 1.67. The molecule has 2 rings (SSSR count). The number of nitrogen functional groups attached to an aromatic ring is 1. The SMILES string of the molecule is Nc1cc(F)c(F)cc1C(=O)NCCN1CCCCCC1. The Kier molecular flexibility index (Phi) is 5.50. The molecule has 0 atom stereocenters. The molecule has 0 saturated carbocycles. The molecule has 1 fully saturated rings. The molecule has 0 radical (unpaired) electrons. The predicted octanol–water partition coefficient (Wildman–Crippen LogP) is 2.15. The van der Waals surface area contributed by atoms with Crippen LogP contribution in [0.5, 0.6) is 0 Å². The van der Waals surface area contributed by atoms with Gasteiger partial charge in [0.15, 0.2) is 11.6 Å². The molecular formula is C15H21F2N3O. The Morgan fingerprint density at radius 3 is 2.43 bits per heavy atom.